The van der Waals surface area contributed by atoms with Crippen molar-refractivity contribution < 1.29 is 4.39 Å². The van der Waals surface area contributed by atoms with E-state index in [9.17, 15) is 4.39 Å². The highest BCUT2D eigenvalue weighted by Crippen LogP contribution is 2.38. The van der Waals surface area contributed by atoms with E-state index < -0.39 is 0 Å². The summed E-state index contributed by atoms with van der Waals surface area (Å²) in [5, 5.41) is 3.38. The van der Waals surface area contributed by atoms with Gasteiger partial charge in [0, 0.05) is 6.04 Å². The molecule has 0 heterocycles. The van der Waals surface area contributed by atoms with Gasteiger partial charge in [-0.3, -0.25) is 0 Å². The largest absolute Gasteiger partial charge is 0.317 e. The molecule has 2 aromatic rings. The molecule has 1 nitrogen and oxygen atoms in total. The van der Waals surface area contributed by atoms with Crippen LogP contribution in [0.5, 0.6) is 0 Å². The number of hydrogen-bond donors (Lipinski definition) is 1. The van der Waals surface area contributed by atoms with Gasteiger partial charge >= 0.3 is 0 Å². The summed E-state index contributed by atoms with van der Waals surface area (Å²) in [6, 6.07) is 16.0. The lowest BCUT2D eigenvalue weighted by atomic mass is 9.74. The lowest BCUT2D eigenvalue weighted by Crippen LogP contribution is -2.32. The van der Waals surface area contributed by atoms with Crippen molar-refractivity contribution in [2.24, 2.45) is 0 Å². The Kier molecular flexibility index (Phi) is 3.83. The highest BCUT2D eigenvalue weighted by atomic mass is 19.1. The Morgan fingerprint density at radius 2 is 2.05 bits per heavy atom. The maximum Gasteiger partial charge on any atom is 0.123 e. The van der Waals surface area contributed by atoms with E-state index in [1.165, 1.54) is 23.6 Å². The summed E-state index contributed by atoms with van der Waals surface area (Å²) in [6.45, 7) is 0. The molecule has 2 heteroatoms. The van der Waals surface area contributed by atoms with Crippen LogP contribution in [0.3, 0.4) is 0 Å². The number of benzene rings is 2. The molecule has 1 aliphatic rings. The average Bonchev–Trinajstić information content (AvgIpc) is 2.43. The van der Waals surface area contributed by atoms with Crippen molar-refractivity contribution in [3.63, 3.8) is 0 Å². The summed E-state index contributed by atoms with van der Waals surface area (Å²) >= 11 is 0. The minimum absolute atomic E-state index is 0.147. The minimum Gasteiger partial charge on any atom is -0.317 e. The molecule has 0 saturated carbocycles. The van der Waals surface area contributed by atoms with Crippen LogP contribution < -0.4 is 5.32 Å². The van der Waals surface area contributed by atoms with Gasteiger partial charge < -0.3 is 5.32 Å². The number of hydrogen-bond acceptors (Lipinski definition) is 1. The van der Waals surface area contributed by atoms with Gasteiger partial charge in [-0.1, -0.05) is 36.4 Å². The monoisotopic (exact) mass is 269 g/mol. The summed E-state index contributed by atoms with van der Waals surface area (Å²) in [4.78, 5) is 0. The van der Waals surface area contributed by atoms with Gasteiger partial charge in [0.2, 0.25) is 0 Å². The second-order valence-electron chi connectivity index (χ2n) is 5.66. The van der Waals surface area contributed by atoms with Gasteiger partial charge in [-0.15, -0.1) is 0 Å². The SMILES string of the molecule is CNC(Cc1cccc(F)c1)CC1Cc2ccccc21. The lowest BCUT2D eigenvalue weighted by Gasteiger charge is -2.33. The Morgan fingerprint density at radius 1 is 1.20 bits per heavy atom. The Morgan fingerprint density at radius 3 is 2.80 bits per heavy atom. The van der Waals surface area contributed by atoms with E-state index in [1.54, 1.807) is 12.1 Å². The van der Waals surface area contributed by atoms with Crippen molar-refractivity contribution in [1.29, 1.82) is 0 Å². The molecule has 1 N–H and O–H groups in total. The van der Waals surface area contributed by atoms with E-state index in [0.29, 0.717) is 12.0 Å². The zero-order valence-electron chi connectivity index (χ0n) is 11.8. The van der Waals surface area contributed by atoms with E-state index in [0.717, 1.165) is 18.4 Å². The predicted octanol–water partition coefficient (Wildman–Crippen LogP) is 3.69. The van der Waals surface area contributed by atoms with Gasteiger partial charge in [-0.05, 0) is 61.1 Å². The first-order valence-corrected chi connectivity index (χ1v) is 7.26. The van der Waals surface area contributed by atoms with Gasteiger partial charge in [-0.2, -0.15) is 0 Å². The van der Waals surface area contributed by atoms with Gasteiger partial charge in [0.25, 0.3) is 0 Å². The molecule has 104 valence electrons. The second kappa shape index (κ2) is 5.76. The van der Waals surface area contributed by atoms with Crippen LogP contribution in [-0.2, 0) is 12.8 Å². The van der Waals surface area contributed by atoms with E-state index in [4.69, 9.17) is 0 Å². The van der Waals surface area contributed by atoms with Crippen molar-refractivity contribution in [2.45, 2.75) is 31.2 Å². The zero-order chi connectivity index (χ0) is 13.9. The van der Waals surface area contributed by atoms with Gasteiger partial charge in [0.15, 0.2) is 0 Å². The van der Waals surface area contributed by atoms with Crippen LogP contribution in [0.1, 0.15) is 29.0 Å². The van der Waals surface area contributed by atoms with Crippen LogP contribution in [0.25, 0.3) is 0 Å². The fourth-order valence-electron chi connectivity index (χ4n) is 3.17. The minimum atomic E-state index is -0.147. The summed E-state index contributed by atoms with van der Waals surface area (Å²) in [5.41, 5.74) is 4.04. The Labute approximate surface area is 119 Å². The number of fused-ring (bicyclic) bond motifs is 1. The quantitative estimate of drug-likeness (QED) is 0.873. The van der Waals surface area contributed by atoms with E-state index in [1.807, 2.05) is 13.1 Å². The fourth-order valence-corrected chi connectivity index (χ4v) is 3.17. The number of likely N-dealkylation sites (N-methyl/N-ethyl adjacent to an activating group) is 1. The van der Waals surface area contributed by atoms with Gasteiger partial charge in [0.1, 0.15) is 5.82 Å². The van der Waals surface area contributed by atoms with Crippen LogP contribution in [-0.4, -0.2) is 13.1 Å². The molecule has 20 heavy (non-hydrogen) atoms. The third-order valence-electron chi connectivity index (χ3n) is 4.31. The number of nitrogens with one attached hydrogen (secondary N) is 1. The highest BCUT2D eigenvalue weighted by molar-refractivity contribution is 5.40. The molecule has 2 aromatic carbocycles. The molecule has 0 bridgehead atoms. The molecule has 0 aromatic heterocycles. The maximum atomic E-state index is 13.2. The summed E-state index contributed by atoms with van der Waals surface area (Å²) in [5.74, 6) is 0.503. The van der Waals surface area contributed by atoms with E-state index >= 15 is 0 Å². The molecule has 0 aliphatic heterocycles. The first-order chi connectivity index (χ1) is 9.76. The first kappa shape index (κ1) is 13.3. The van der Waals surface area contributed by atoms with E-state index in [2.05, 4.69) is 29.6 Å². The lowest BCUT2D eigenvalue weighted by molar-refractivity contribution is 0.437. The highest BCUT2D eigenvalue weighted by Gasteiger charge is 2.27. The third kappa shape index (κ3) is 2.75. The van der Waals surface area contributed by atoms with Crippen LogP contribution in [0.2, 0.25) is 0 Å². The van der Waals surface area contributed by atoms with Crippen molar-refractivity contribution in [3.8, 4) is 0 Å². The van der Waals surface area contributed by atoms with Crippen molar-refractivity contribution in [3.05, 3.63) is 71.0 Å². The number of halogens is 1. The van der Waals surface area contributed by atoms with Crippen LogP contribution in [0, 0.1) is 5.82 Å². The normalized spacial score (nSPS) is 18.2. The molecule has 0 fully saturated rings. The van der Waals surface area contributed by atoms with Crippen molar-refractivity contribution in [1.82, 2.24) is 5.32 Å². The molecule has 0 saturated heterocycles. The van der Waals surface area contributed by atoms with Crippen molar-refractivity contribution >= 4 is 0 Å². The number of rotatable bonds is 5. The Balaban J connectivity index is 1.64. The van der Waals surface area contributed by atoms with Gasteiger partial charge in [-0.25, -0.2) is 4.39 Å². The molecule has 3 rings (SSSR count). The fraction of sp³-hybridized carbons (Fsp3) is 0.333. The predicted molar refractivity (Wildman–Crippen MR) is 80.5 cm³/mol. The smallest absolute Gasteiger partial charge is 0.123 e. The molecule has 0 spiro atoms. The Hall–Kier alpha value is -1.67. The maximum absolute atomic E-state index is 13.2. The zero-order valence-corrected chi connectivity index (χ0v) is 11.8. The Bertz CT molecular complexity index is 593. The third-order valence-corrected chi connectivity index (χ3v) is 4.31. The van der Waals surface area contributed by atoms with E-state index in [-0.39, 0.29) is 5.82 Å². The molecule has 2 atom stereocenters. The summed E-state index contributed by atoms with van der Waals surface area (Å²) < 4.78 is 13.2. The molecule has 0 radical (unpaired) electrons. The van der Waals surface area contributed by atoms with Crippen molar-refractivity contribution in [2.75, 3.05) is 7.05 Å². The molecular weight excluding hydrogens is 249 g/mol. The summed E-state index contributed by atoms with van der Waals surface area (Å²) in [6.07, 6.45) is 3.18. The summed E-state index contributed by atoms with van der Waals surface area (Å²) in [7, 11) is 1.99. The molecule has 0 amide bonds. The topological polar surface area (TPSA) is 12.0 Å². The molecule has 2 unspecified atom stereocenters. The van der Waals surface area contributed by atoms with Crippen LogP contribution in [0.15, 0.2) is 48.5 Å². The second-order valence-corrected chi connectivity index (χ2v) is 5.66. The van der Waals surface area contributed by atoms with Crippen LogP contribution in [0.4, 0.5) is 4.39 Å². The first-order valence-electron chi connectivity index (χ1n) is 7.26. The molecule has 1 aliphatic carbocycles. The average molecular weight is 269 g/mol. The standard InChI is InChI=1S/C18H20FN/c1-20-17(10-13-5-4-7-16(19)9-13)12-15-11-14-6-2-3-8-18(14)15/h2-9,15,17,20H,10-12H2,1H3. The van der Waals surface area contributed by atoms with Crippen LogP contribution >= 0.6 is 0 Å². The van der Waals surface area contributed by atoms with Gasteiger partial charge in [0.05, 0.1) is 0 Å². The molecular formula is C18H20FN.